The van der Waals surface area contributed by atoms with Crippen LogP contribution >= 0.6 is 11.3 Å². The first-order valence-corrected chi connectivity index (χ1v) is 9.81. The number of anilines is 2. The number of nitrogens with zero attached hydrogens (tertiary/aromatic N) is 2. The molecule has 0 fully saturated rings. The summed E-state index contributed by atoms with van der Waals surface area (Å²) in [4.78, 5) is 18.6. The number of H-pyrrole nitrogens is 2. The molecule has 0 saturated carbocycles. The van der Waals surface area contributed by atoms with Crippen molar-refractivity contribution in [3.63, 3.8) is 0 Å². The molecule has 0 radical (unpaired) electrons. The number of nitrogens with two attached hydrogens (primary N) is 1. The fourth-order valence-corrected chi connectivity index (χ4v) is 4.26. The second-order valence-electron chi connectivity index (χ2n) is 6.78. The molecule has 7 nitrogen and oxygen atoms in total. The van der Waals surface area contributed by atoms with E-state index >= 15 is 0 Å². The van der Waals surface area contributed by atoms with Gasteiger partial charge in [-0.3, -0.25) is 9.89 Å². The van der Waals surface area contributed by atoms with Crippen molar-refractivity contribution >= 4 is 49.9 Å². The Kier molecular flexibility index (Phi) is 4.22. The third-order valence-corrected chi connectivity index (χ3v) is 5.71. The van der Waals surface area contributed by atoms with Gasteiger partial charge in [-0.15, -0.1) is 0 Å². The summed E-state index contributed by atoms with van der Waals surface area (Å²) in [5.74, 6) is -0.943. The van der Waals surface area contributed by atoms with E-state index in [0.29, 0.717) is 27.9 Å². The maximum atomic E-state index is 13.3. The highest BCUT2D eigenvalue weighted by molar-refractivity contribution is 7.17. The van der Waals surface area contributed by atoms with Crippen LogP contribution in [0.2, 0.25) is 0 Å². The van der Waals surface area contributed by atoms with Gasteiger partial charge in [0, 0.05) is 22.5 Å². The minimum Gasteiger partial charge on any atom is -0.375 e. The molecule has 0 saturated heterocycles. The molecule has 3 aromatic heterocycles. The van der Waals surface area contributed by atoms with Gasteiger partial charge < -0.3 is 16.0 Å². The van der Waals surface area contributed by atoms with Crippen LogP contribution in [0.5, 0.6) is 0 Å². The Bertz CT molecular complexity index is 1450. The lowest BCUT2D eigenvalue weighted by Gasteiger charge is -2.11. The van der Waals surface area contributed by atoms with Crippen LogP contribution in [0.25, 0.3) is 32.9 Å². The van der Waals surface area contributed by atoms with Gasteiger partial charge in [0.05, 0.1) is 17.4 Å². The van der Waals surface area contributed by atoms with E-state index < -0.39 is 22.7 Å². The molecule has 156 valence electrons. The summed E-state index contributed by atoms with van der Waals surface area (Å²) in [6.45, 7) is 0. The highest BCUT2D eigenvalue weighted by Crippen LogP contribution is 2.37. The number of hydrogen-bond acceptors (Lipinski definition) is 5. The Morgan fingerprint density at radius 3 is 2.77 bits per heavy atom. The number of thiazole rings is 1. The lowest BCUT2D eigenvalue weighted by molar-refractivity contribution is -0.140. The first kappa shape index (κ1) is 19.1. The van der Waals surface area contributed by atoms with Crippen molar-refractivity contribution in [1.29, 1.82) is 0 Å². The summed E-state index contributed by atoms with van der Waals surface area (Å²) >= 11 is 0.487. The van der Waals surface area contributed by atoms with Gasteiger partial charge in [-0.05, 0) is 35.4 Å². The van der Waals surface area contributed by atoms with Crippen molar-refractivity contribution in [3.05, 3.63) is 59.4 Å². The molecular formula is C20H13F3N6OS. The van der Waals surface area contributed by atoms with E-state index in [1.807, 2.05) is 36.5 Å². The average Bonchev–Trinajstić information content (AvgIpc) is 3.45. The summed E-state index contributed by atoms with van der Waals surface area (Å²) in [7, 11) is 0. The van der Waals surface area contributed by atoms with Gasteiger partial charge in [0.1, 0.15) is 4.88 Å². The molecular weight excluding hydrogens is 429 g/mol. The van der Waals surface area contributed by atoms with Crippen LogP contribution in [-0.4, -0.2) is 26.1 Å². The number of benzene rings is 2. The molecule has 31 heavy (non-hydrogen) atoms. The highest BCUT2D eigenvalue weighted by atomic mass is 32.1. The number of nitrogens with one attached hydrogen (secondary N) is 3. The number of aromatic amines is 2. The standard InChI is InChI=1S/C20H13F3N6OS/c21-20(22,23)17-16(31-19(24)28-17)18(30)27-14-6-9(7-15-12(14)8-26-29-15)10-2-1-3-13-11(10)4-5-25-13/h1-8,25H,(H2,24,28)(H,26,29)(H,27,30). The minimum absolute atomic E-state index is 0.318. The lowest BCUT2D eigenvalue weighted by atomic mass is 9.99. The Labute approximate surface area is 176 Å². The number of carbonyl (C=O) groups is 1. The van der Waals surface area contributed by atoms with Gasteiger partial charge in [-0.2, -0.15) is 18.3 Å². The van der Waals surface area contributed by atoms with Crippen LogP contribution in [0, 0.1) is 0 Å². The molecule has 0 unspecified atom stereocenters. The smallest absolute Gasteiger partial charge is 0.375 e. The predicted molar refractivity (Wildman–Crippen MR) is 113 cm³/mol. The maximum Gasteiger partial charge on any atom is 0.435 e. The van der Waals surface area contributed by atoms with Gasteiger partial charge in [-0.1, -0.05) is 23.5 Å². The molecule has 0 aliphatic rings. The molecule has 2 aromatic carbocycles. The molecule has 5 aromatic rings. The average molecular weight is 442 g/mol. The van der Waals surface area contributed by atoms with E-state index in [1.165, 1.54) is 6.20 Å². The monoisotopic (exact) mass is 442 g/mol. The SMILES string of the molecule is Nc1nc(C(F)(F)F)c(C(=O)Nc2cc(-c3cccc4[nH]ccc34)cc3[nH]ncc23)s1. The molecule has 5 N–H and O–H groups in total. The summed E-state index contributed by atoms with van der Waals surface area (Å²) in [5, 5.41) is 10.6. The van der Waals surface area contributed by atoms with Gasteiger partial charge in [0.15, 0.2) is 10.8 Å². The fourth-order valence-electron chi connectivity index (χ4n) is 3.51. The van der Waals surface area contributed by atoms with E-state index in [2.05, 4.69) is 25.5 Å². The van der Waals surface area contributed by atoms with Crippen LogP contribution < -0.4 is 11.1 Å². The van der Waals surface area contributed by atoms with Gasteiger partial charge in [-0.25, -0.2) is 4.98 Å². The second kappa shape index (κ2) is 6.84. The van der Waals surface area contributed by atoms with Crippen molar-refractivity contribution in [2.45, 2.75) is 6.18 Å². The third kappa shape index (κ3) is 3.28. The van der Waals surface area contributed by atoms with Gasteiger partial charge in [0.25, 0.3) is 5.91 Å². The molecule has 0 aliphatic heterocycles. The van der Waals surface area contributed by atoms with E-state index in [1.54, 1.807) is 6.07 Å². The summed E-state index contributed by atoms with van der Waals surface area (Å²) < 4.78 is 39.8. The summed E-state index contributed by atoms with van der Waals surface area (Å²) in [5.41, 5.74) is 7.66. The number of amides is 1. The molecule has 3 heterocycles. The van der Waals surface area contributed by atoms with E-state index in [-0.39, 0.29) is 5.13 Å². The second-order valence-corrected chi connectivity index (χ2v) is 7.81. The quantitative estimate of drug-likeness (QED) is 0.314. The first-order valence-electron chi connectivity index (χ1n) is 9.00. The number of carbonyl (C=O) groups excluding carboxylic acids is 1. The maximum absolute atomic E-state index is 13.3. The van der Waals surface area contributed by atoms with Crippen molar-refractivity contribution in [2.24, 2.45) is 0 Å². The van der Waals surface area contributed by atoms with Crippen LogP contribution in [0.15, 0.2) is 48.8 Å². The van der Waals surface area contributed by atoms with E-state index in [0.717, 1.165) is 22.0 Å². The fraction of sp³-hybridized carbons (Fsp3) is 0.0500. The topological polar surface area (TPSA) is 112 Å². The first-order chi connectivity index (χ1) is 14.8. The number of fused-ring (bicyclic) bond motifs is 2. The molecule has 5 rings (SSSR count). The van der Waals surface area contributed by atoms with E-state index in [4.69, 9.17) is 5.73 Å². The molecule has 11 heteroatoms. The molecule has 0 aliphatic carbocycles. The van der Waals surface area contributed by atoms with Crippen LogP contribution in [0.4, 0.5) is 24.0 Å². The minimum atomic E-state index is -4.79. The Morgan fingerprint density at radius 1 is 1.13 bits per heavy atom. The number of nitrogen functional groups attached to an aromatic ring is 1. The predicted octanol–water partition coefficient (Wildman–Crippen LogP) is 5.02. The van der Waals surface area contributed by atoms with Gasteiger partial charge >= 0.3 is 6.18 Å². The number of rotatable bonds is 3. The number of aromatic nitrogens is 4. The Hall–Kier alpha value is -3.86. The van der Waals surface area contributed by atoms with Crippen LogP contribution in [-0.2, 0) is 6.18 Å². The Morgan fingerprint density at radius 2 is 1.97 bits per heavy atom. The molecule has 0 atom stereocenters. The van der Waals surface area contributed by atoms with E-state index in [9.17, 15) is 18.0 Å². The normalized spacial score (nSPS) is 12.0. The zero-order valence-electron chi connectivity index (χ0n) is 15.5. The lowest BCUT2D eigenvalue weighted by Crippen LogP contribution is -2.17. The molecule has 0 bridgehead atoms. The van der Waals surface area contributed by atoms with Crippen molar-refractivity contribution in [3.8, 4) is 11.1 Å². The zero-order chi connectivity index (χ0) is 21.8. The third-order valence-electron chi connectivity index (χ3n) is 4.83. The van der Waals surface area contributed by atoms with Crippen LogP contribution in [0.1, 0.15) is 15.4 Å². The Balaban J connectivity index is 1.61. The summed E-state index contributed by atoms with van der Waals surface area (Å²) in [6, 6.07) is 11.2. The van der Waals surface area contributed by atoms with Gasteiger partial charge in [0.2, 0.25) is 0 Å². The number of alkyl halides is 3. The molecule has 1 amide bonds. The zero-order valence-corrected chi connectivity index (χ0v) is 16.4. The van der Waals surface area contributed by atoms with Crippen molar-refractivity contribution < 1.29 is 18.0 Å². The van der Waals surface area contributed by atoms with Crippen LogP contribution in [0.3, 0.4) is 0 Å². The van der Waals surface area contributed by atoms with Crippen molar-refractivity contribution in [1.82, 2.24) is 20.2 Å². The number of halogens is 3. The highest BCUT2D eigenvalue weighted by Gasteiger charge is 2.39. The summed E-state index contributed by atoms with van der Waals surface area (Å²) in [6.07, 6.45) is -1.48. The van der Waals surface area contributed by atoms with Crippen molar-refractivity contribution in [2.75, 3.05) is 11.1 Å². The largest absolute Gasteiger partial charge is 0.435 e. The number of hydrogen-bond donors (Lipinski definition) is 4. The molecule has 0 spiro atoms.